The summed E-state index contributed by atoms with van der Waals surface area (Å²) >= 11 is 0. The Hall–Kier alpha value is 2.90. The summed E-state index contributed by atoms with van der Waals surface area (Å²) in [4.78, 5) is 25.0. The maximum Gasteiger partial charge on any atom is 3.00 e. The van der Waals surface area contributed by atoms with E-state index in [9.17, 15) is 0 Å². The van der Waals surface area contributed by atoms with Crippen molar-refractivity contribution in [1.82, 2.24) is 0 Å². The Kier molecular flexibility index (Phi) is 163. The van der Waals surface area contributed by atoms with Crippen molar-refractivity contribution in [3.8, 4) is 0 Å². The molecule has 9 nitrogen and oxygen atoms in total. The fourth-order valence-electron chi connectivity index (χ4n) is 0. The predicted molar refractivity (Wildman–Crippen MR) is 48.1 cm³/mol. The van der Waals surface area contributed by atoms with E-state index in [-0.39, 0.29) is 167 Å². The molecule has 98 valence electrons. The summed E-state index contributed by atoms with van der Waals surface area (Å²) in [6.07, 6.45) is -7.00. The van der Waals surface area contributed by atoms with E-state index < -0.39 is 18.5 Å². The van der Waals surface area contributed by atoms with Crippen molar-refractivity contribution in [2.24, 2.45) is 0 Å². The van der Waals surface area contributed by atoms with Gasteiger partial charge in [0.15, 0.2) is 0 Å². The minimum absolute atomic E-state index is 0. The molecule has 2 radical (unpaired) electrons. The molecule has 0 unspecified atom stereocenters. The minimum Gasteiger partial charge on any atom is -1.00 e. The molecule has 0 spiro atoms. The molecule has 0 heterocycles. The van der Waals surface area contributed by atoms with Gasteiger partial charge in [0.05, 0.1) is 0 Å². The van der Waals surface area contributed by atoms with Crippen LogP contribution in [0.2, 0.25) is 0 Å². The first-order valence-electron chi connectivity index (χ1n) is 1.84. The molecule has 0 aromatic rings. The van der Waals surface area contributed by atoms with E-state index >= 15 is 0 Å². The molecule has 0 saturated carbocycles. The molecule has 18 heavy (non-hydrogen) atoms. The van der Waals surface area contributed by atoms with Gasteiger partial charge in [-0.2, -0.15) is 0 Å². The second-order valence-electron chi connectivity index (χ2n) is 0.750. The summed E-state index contributed by atoms with van der Waals surface area (Å²) in [5.74, 6) is 0. The molecule has 0 fully saturated rings. The van der Waals surface area contributed by atoms with Gasteiger partial charge >= 0.3 is 156 Å². The number of hydrogen-bond acceptors (Lipinski definition) is 9. The Morgan fingerprint density at radius 3 is 0.556 bits per heavy atom. The van der Waals surface area contributed by atoms with Crippen LogP contribution in [0.1, 0.15) is 11.4 Å². The summed E-state index contributed by atoms with van der Waals surface area (Å²) in [7, 11) is 0. The molecule has 0 aromatic carbocycles. The van der Waals surface area contributed by atoms with Crippen LogP contribution in [0.4, 0.5) is 14.4 Å². The quantitative estimate of drug-likeness (QED) is 0.337. The fraction of sp³-hybridized carbons (Fsp3) is 0. The Labute approximate surface area is 227 Å². The maximum absolute atomic E-state index is 8.33. The number of carboxylic acid groups (broad SMARTS) is 6. The van der Waals surface area contributed by atoms with Crippen molar-refractivity contribution in [2.45, 2.75) is 0 Å². The third-order valence-electron chi connectivity index (χ3n) is 0. The summed E-state index contributed by atoms with van der Waals surface area (Å²) in [5.41, 5.74) is 0. The van der Waals surface area contributed by atoms with Gasteiger partial charge in [-0.05, 0) is 18.5 Å². The zero-order valence-corrected chi connectivity index (χ0v) is 18.2. The molecular weight excluding hydrogens is 420 g/mol. The third kappa shape index (κ3) is 720. The van der Waals surface area contributed by atoms with Crippen LogP contribution in [0, 0.1) is 0 Å². The van der Waals surface area contributed by atoms with E-state index in [0.717, 1.165) is 0 Å². The van der Waals surface area contributed by atoms with Gasteiger partial charge < -0.3 is 56.4 Å². The topological polar surface area (TPSA) is 190 Å². The van der Waals surface area contributed by atoms with Crippen molar-refractivity contribution in [1.29, 1.82) is 0 Å². The smallest absolute Gasteiger partial charge is 1.00 e. The van der Waals surface area contributed by atoms with Gasteiger partial charge in [-0.25, -0.2) is 0 Å². The van der Waals surface area contributed by atoms with Crippen LogP contribution in [0.15, 0.2) is 0 Å². The first kappa shape index (κ1) is 58.4. The Bertz CT molecular complexity index is 157. The molecule has 0 atom stereocenters. The van der Waals surface area contributed by atoms with Crippen molar-refractivity contribution in [3.63, 3.8) is 0 Å². The molecule has 0 saturated heterocycles. The van der Waals surface area contributed by atoms with Crippen LogP contribution in [-0.4, -0.2) is 140 Å². The number of hydrogen-bond donors (Lipinski definition) is 0. The number of carbonyl (C=O) groups is 3. The minimum atomic E-state index is -2.33. The van der Waals surface area contributed by atoms with Crippen LogP contribution in [0.25, 0.3) is 0 Å². The van der Waals surface area contributed by atoms with E-state index in [0.29, 0.717) is 0 Å². The molecular formula is C3H8Ca2Fe2Mg2O9. The molecule has 15 heteroatoms. The number of carbonyl (C=O) groups excluding carboxylic acids is 3. The molecule has 0 rings (SSSR count). The van der Waals surface area contributed by atoms with E-state index in [4.69, 9.17) is 45.0 Å². The van der Waals surface area contributed by atoms with Crippen molar-refractivity contribution in [2.75, 3.05) is 0 Å². The van der Waals surface area contributed by atoms with Crippen molar-refractivity contribution >= 4 is 140 Å². The van der Waals surface area contributed by atoms with Gasteiger partial charge in [0.2, 0.25) is 0 Å². The van der Waals surface area contributed by atoms with E-state index in [1.807, 2.05) is 0 Å². The average Bonchev–Trinajstić information content (AvgIpc) is 1.54. The van der Waals surface area contributed by atoms with E-state index in [2.05, 4.69) is 0 Å². The molecule has 0 aliphatic rings. The largest absolute Gasteiger partial charge is 3.00 e. The van der Waals surface area contributed by atoms with Crippen LogP contribution in [-0.2, 0) is 34.1 Å². The van der Waals surface area contributed by atoms with E-state index in [1.54, 1.807) is 0 Å². The fourth-order valence-corrected chi connectivity index (χ4v) is 0. The standard InChI is InChI=1S/3CH2O3.2Ca.2Fe.2Mg.8H/c3*2-1(3)4;;;;;;;;;;;;;;/h3*(H2,2,3,4);;;;;;;;;;;;;;/q;;;2*+2;2*+3;2*+2;8*-1/p-6. The van der Waals surface area contributed by atoms with Gasteiger partial charge in [0.1, 0.15) is 0 Å². The second-order valence-corrected chi connectivity index (χ2v) is 0.750. The zero-order valence-electron chi connectivity index (χ0n) is 16.7. The van der Waals surface area contributed by atoms with Crippen molar-refractivity contribution < 1.29 is 90.6 Å². The Morgan fingerprint density at radius 2 is 0.556 bits per heavy atom. The predicted octanol–water partition coefficient (Wildman–Crippen LogP) is -7.97. The van der Waals surface area contributed by atoms with Crippen LogP contribution in [0.3, 0.4) is 0 Å². The SMILES string of the molecule is O=C([O-])[O-].O=C([O-])[O-].O=C([O-])[O-].[Ca+2].[Ca+2].[Fe+3].[Fe+3].[H-].[H-].[H-].[H-].[H-].[H-].[H-].[H-].[Mg+2].[Mg+2]. The third-order valence-corrected chi connectivity index (χ3v) is 0. The van der Waals surface area contributed by atoms with Gasteiger partial charge in [-0.1, -0.05) is 0 Å². The van der Waals surface area contributed by atoms with Gasteiger partial charge in [0.25, 0.3) is 0 Å². The second kappa shape index (κ2) is 50.2. The zero-order chi connectivity index (χ0) is 10.7. The molecule has 0 aromatic heterocycles. The van der Waals surface area contributed by atoms with Gasteiger partial charge in [-0.3, -0.25) is 0 Å². The van der Waals surface area contributed by atoms with E-state index in [1.165, 1.54) is 0 Å². The molecule has 0 aliphatic heterocycles. The number of rotatable bonds is 0. The monoisotopic (exact) mass is 428 g/mol. The molecule has 0 aliphatic carbocycles. The summed E-state index contributed by atoms with van der Waals surface area (Å²) in [5, 5.41) is 50.0. The van der Waals surface area contributed by atoms with Gasteiger partial charge in [0, 0.05) is 0 Å². The average molecular weight is 429 g/mol. The Balaban J connectivity index is -0.00000000245. The van der Waals surface area contributed by atoms with Crippen LogP contribution < -0.4 is 30.6 Å². The summed E-state index contributed by atoms with van der Waals surface area (Å²) < 4.78 is 0. The van der Waals surface area contributed by atoms with Crippen LogP contribution in [0.5, 0.6) is 0 Å². The molecule has 0 bridgehead atoms. The first-order chi connectivity index (χ1) is 5.20. The summed E-state index contributed by atoms with van der Waals surface area (Å²) in [6.45, 7) is 0. The van der Waals surface area contributed by atoms with Crippen LogP contribution >= 0.6 is 0 Å². The normalized spacial score (nSPS) is 4.00. The maximum atomic E-state index is 8.33. The first-order valence-corrected chi connectivity index (χ1v) is 1.84. The molecule has 0 N–H and O–H groups in total. The van der Waals surface area contributed by atoms with Gasteiger partial charge in [-0.15, -0.1) is 0 Å². The molecule has 0 amide bonds. The van der Waals surface area contributed by atoms with Crippen molar-refractivity contribution in [3.05, 3.63) is 0 Å². The summed E-state index contributed by atoms with van der Waals surface area (Å²) in [6, 6.07) is 0. The Morgan fingerprint density at radius 1 is 0.556 bits per heavy atom.